The van der Waals surface area contributed by atoms with Gasteiger partial charge in [0.15, 0.2) is 0 Å². The summed E-state index contributed by atoms with van der Waals surface area (Å²) < 4.78 is 0. The van der Waals surface area contributed by atoms with Gasteiger partial charge in [0.05, 0.1) is 11.9 Å². The molecule has 0 rings (SSSR count). The lowest BCUT2D eigenvalue weighted by molar-refractivity contribution is 1.43. The van der Waals surface area contributed by atoms with Gasteiger partial charge in [-0.2, -0.15) is 5.26 Å². The van der Waals surface area contributed by atoms with Gasteiger partial charge in [0.1, 0.15) is 0 Å². The van der Waals surface area contributed by atoms with Crippen molar-refractivity contribution in [1.29, 1.82) is 5.26 Å². The first-order valence-corrected chi connectivity index (χ1v) is 3.13. The van der Waals surface area contributed by atoms with Crippen molar-refractivity contribution < 1.29 is 0 Å². The third-order valence-corrected chi connectivity index (χ3v) is 1.05. The molecule has 44 valence electrons. The minimum atomic E-state index is 0.253. The highest BCUT2D eigenvalue weighted by atomic mass is 35.5. The molecule has 0 heterocycles. The molecule has 0 atom stereocenters. The highest BCUT2D eigenvalue weighted by molar-refractivity contribution is 6.20. The predicted octanol–water partition coefficient (Wildman–Crippen LogP) is 1.91. The average molecular weight is 150 g/mol. The van der Waals surface area contributed by atoms with Gasteiger partial charge in [-0.15, -0.1) is 23.2 Å². The fraction of sp³-hybridized carbons (Fsp3) is 0.400. The molecule has 0 spiro atoms. The Kier molecular flexibility index (Phi) is 4.84. The van der Waals surface area contributed by atoms with Gasteiger partial charge in [-0.25, -0.2) is 0 Å². The molecule has 0 fully saturated rings. The van der Waals surface area contributed by atoms with Crippen LogP contribution in [0.1, 0.15) is 0 Å². The number of allylic oxidation sites excluding steroid dienone is 2. The largest absolute Gasteiger partial charge is 0.193 e. The standard InChI is InChI=1S/C5H5Cl2N/c6-2-1-5(3-7)4-8/h1H,2-3H2/b5-1-. The van der Waals surface area contributed by atoms with Crippen molar-refractivity contribution in [2.45, 2.75) is 0 Å². The van der Waals surface area contributed by atoms with Gasteiger partial charge in [0.2, 0.25) is 0 Å². The molecule has 0 radical (unpaired) electrons. The topological polar surface area (TPSA) is 23.8 Å². The van der Waals surface area contributed by atoms with Crippen LogP contribution in [0, 0.1) is 11.3 Å². The van der Waals surface area contributed by atoms with Gasteiger partial charge in [0, 0.05) is 11.5 Å². The normalized spacial score (nSPS) is 10.9. The first-order chi connectivity index (χ1) is 3.85. The second-order valence-electron chi connectivity index (χ2n) is 1.13. The molecule has 0 aromatic rings. The summed E-state index contributed by atoms with van der Waals surface area (Å²) in [6.07, 6.45) is 1.59. The first-order valence-electron chi connectivity index (χ1n) is 2.06. The second-order valence-corrected chi connectivity index (χ2v) is 1.70. The zero-order chi connectivity index (χ0) is 6.41. The van der Waals surface area contributed by atoms with E-state index in [1.807, 2.05) is 6.07 Å². The van der Waals surface area contributed by atoms with E-state index >= 15 is 0 Å². The molecule has 1 nitrogen and oxygen atoms in total. The molecule has 0 unspecified atom stereocenters. The summed E-state index contributed by atoms with van der Waals surface area (Å²) in [5.74, 6) is 0.610. The monoisotopic (exact) mass is 149 g/mol. The highest BCUT2D eigenvalue weighted by Crippen LogP contribution is 1.95. The molecule has 0 N–H and O–H groups in total. The number of hydrogen-bond acceptors (Lipinski definition) is 1. The molecule has 0 saturated heterocycles. The number of halogens is 2. The van der Waals surface area contributed by atoms with Crippen molar-refractivity contribution in [2.24, 2.45) is 0 Å². The number of hydrogen-bond donors (Lipinski definition) is 0. The molecular formula is C5H5Cl2N. The average Bonchev–Trinajstić information content (AvgIpc) is 1.83. The highest BCUT2D eigenvalue weighted by Gasteiger charge is 1.87. The minimum absolute atomic E-state index is 0.253. The Balaban J connectivity index is 3.72. The fourth-order valence-electron chi connectivity index (χ4n) is 0.223. The van der Waals surface area contributed by atoms with Crippen LogP contribution in [0.4, 0.5) is 0 Å². The van der Waals surface area contributed by atoms with Crippen molar-refractivity contribution >= 4 is 23.2 Å². The van der Waals surface area contributed by atoms with Gasteiger partial charge >= 0.3 is 0 Å². The molecule has 0 bridgehead atoms. The maximum atomic E-state index is 8.20. The van der Waals surface area contributed by atoms with E-state index in [9.17, 15) is 0 Å². The van der Waals surface area contributed by atoms with Gasteiger partial charge in [-0.3, -0.25) is 0 Å². The summed E-state index contributed by atoms with van der Waals surface area (Å²) in [6, 6.07) is 1.90. The fourth-order valence-corrected chi connectivity index (χ4v) is 0.578. The molecule has 0 aromatic heterocycles. The molecule has 8 heavy (non-hydrogen) atoms. The molecule has 0 amide bonds. The lowest BCUT2D eigenvalue weighted by Gasteiger charge is -1.82. The van der Waals surface area contributed by atoms with Crippen LogP contribution < -0.4 is 0 Å². The molecule has 3 heteroatoms. The number of alkyl halides is 2. The maximum absolute atomic E-state index is 8.20. The summed E-state index contributed by atoms with van der Waals surface area (Å²) in [6.45, 7) is 0. The van der Waals surface area contributed by atoms with Crippen LogP contribution in [-0.4, -0.2) is 11.8 Å². The van der Waals surface area contributed by atoms with E-state index in [1.165, 1.54) is 0 Å². The van der Waals surface area contributed by atoms with Crippen LogP contribution >= 0.6 is 23.2 Å². The Hall–Kier alpha value is -0.190. The Morgan fingerprint density at radius 1 is 1.62 bits per heavy atom. The first kappa shape index (κ1) is 7.81. The van der Waals surface area contributed by atoms with E-state index in [1.54, 1.807) is 6.08 Å². The smallest absolute Gasteiger partial charge is 0.0956 e. The zero-order valence-corrected chi connectivity index (χ0v) is 5.71. The minimum Gasteiger partial charge on any atom is -0.193 e. The molecule has 0 saturated carbocycles. The van der Waals surface area contributed by atoms with E-state index in [2.05, 4.69) is 0 Å². The van der Waals surface area contributed by atoms with Crippen LogP contribution in [0.5, 0.6) is 0 Å². The summed E-state index contributed by atoms with van der Waals surface area (Å²) in [4.78, 5) is 0. The van der Waals surface area contributed by atoms with Crippen LogP contribution in [0.15, 0.2) is 11.6 Å². The summed E-state index contributed by atoms with van der Waals surface area (Å²) in [5, 5.41) is 8.20. The van der Waals surface area contributed by atoms with Crippen molar-refractivity contribution in [1.82, 2.24) is 0 Å². The van der Waals surface area contributed by atoms with E-state index in [0.717, 1.165) is 0 Å². The Bertz CT molecular complexity index is 123. The Morgan fingerprint density at radius 3 is 2.38 bits per heavy atom. The van der Waals surface area contributed by atoms with Gasteiger partial charge < -0.3 is 0 Å². The zero-order valence-electron chi connectivity index (χ0n) is 4.19. The molecule has 0 aliphatic heterocycles. The van der Waals surface area contributed by atoms with E-state index < -0.39 is 0 Å². The molecule has 0 aliphatic rings. The summed E-state index contributed by atoms with van der Waals surface area (Å²) in [7, 11) is 0. The quantitative estimate of drug-likeness (QED) is 0.435. The Morgan fingerprint density at radius 2 is 2.25 bits per heavy atom. The third-order valence-electron chi connectivity index (χ3n) is 0.611. The maximum Gasteiger partial charge on any atom is 0.0956 e. The van der Waals surface area contributed by atoms with Crippen LogP contribution in [-0.2, 0) is 0 Å². The lowest BCUT2D eigenvalue weighted by atomic mass is 10.3. The van der Waals surface area contributed by atoms with Gasteiger partial charge in [-0.05, 0) is 0 Å². The predicted molar refractivity (Wildman–Crippen MR) is 35.1 cm³/mol. The second kappa shape index (κ2) is 4.96. The number of nitriles is 1. The SMILES string of the molecule is N#C/C(=C\CCl)CCl. The summed E-state index contributed by atoms with van der Waals surface area (Å²) >= 11 is 10.6. The van der Waals surface area contributed by atoms with Crippen molar-refractivity contribution in [2.75, 3.05) is 11.8 Å². The van der Waals surface area contributed by atoms with Crippen LogP contribution in [0.25, 0.3) is 0 Å². The van der Waals surface area contributed by atoms with Gasteiger partial charge in [0.25, 0.3) is 0 Å². The van der Waals surface area contributed by atoms with Crippen LogP contribution in [0.2, 0.25) is 0 Å². The van der Waals surface area contributed by atoms with E-state index in [0.29, 0.717) is 11.5 Å². The van der Waals surface area contributed by atoms with E-state index in [-0.39, 0.29) is 5.88 Å². The Labute approximate surface area is 58.5 Å². The number of nitrogens with zero attached hydrogens (tertiary/aromatic N) is 1. The molecular weight excluding hydrogens is 145 g/mol. The molecule has 0 aromatic carbocycles. The van der Waals surface area contributed by atoms with Crippen LogP contribution in [0.3, 0.4) is 0 Å². The third kappa shape index (κ3) is 2.90. The summed E-state index contributed by atoms with van der Waals surface area (Å²) in [5.41, 5.74) is 0.529. The van der Waals surface area contributed by atoms with Crippen molar-refractivity contribution in [3.8, 4) is 6.07 Å². The van der Waals surface area contributed by atoms with Crippen molar-refractivity contribution in [3.05, 3.63) is 11.6 Å². The lowest BCUT2D eigenvalue weighted by Crippen LogP contribution is -1.78. The number of rotatable bonds is 2. The van der Waals surface area contributed by atoms with Crippen molar-refractivity contribution in [3.63, 3.8) is 0 Å². The van der Waals surface area contributed by atoms with Gasteiger partial charge in [-0.1, -0.05) is 6.08 Å². The van der Waals surface area contributed by atoms with E-state index in [4.69, 9.17) is 28.5 Å². The molecule has 0 aliphatic carbocycles.